The summed E-state index contributed by atoms with van der Waals surface area (Å²) in [6, 6.07) is 1.06. The van der Waals surface area contributed by atoms with E-state index in [4.69, 9.17) is 0 Å². The molecule has 0 aliphatic carbocycles. The van der Waals surface area contributed by atoms with Crippen molar-refractivity contribution in [2.24, 2.45) is 0 Å². The van der Waals surface area contributed by atoms with Crippen LogP contribution in [0.5, 0.6) is 5.88 Å². The fourth-order valence-corrected chi connectivity index (χ4v) is 2.01. The lowest BCUT2D eigenvalue weighted by Crippen LogP contribution is -2.02. The van der Waals surface area contributed by atoms with Gasteiger partial charge in [0.25, 0.3) is 5.78 Å². The molecule has 1 N–H and O–H groups in total. The van der Waals surface area contributed by atoms with Crippen LogP contribution in [0.3, 0.4) is 0 Å². The van der Waals surface area contributed by atoms with Crippen molar-refractivity contribution in [1.29, 1.82) is 0 Å². The number of aromatic nitrogens is 4. The lowest BCUT2D eigenvalue weighted by molar-refractivity contribution is 0.435. The van der Waals surface area contributed by atoms with E-state index in [-0.39, 0.29) is 17.0 Å². The third-order valence-electron chi connectivity index (χ3n) is 2.84. The molecule has 1 aromatic carbocycles. The van der Waals surface area contributed by atoms with E-state index in [1.54, 1.807) is 0 Å². The molecule has 0 unspecified atom stereocenters. The third-order valence-corrected chi connectivity index (χ3v) is 2.84. The minimum absolute atomic E-state index is 0.0895. The molecule has 0 fully saturated rings. The van der Waals surface area contributed by atoms with Crippen LogP contribution in [0.2, 0.25) is 0 Å². The summed E-state index contributed by atoms with van der Waals surface area (Å²) < 4.78 is 41.5. The number of aryl methyl sites for hydroxylation is 1. The van der Waals surface area contributed by atoms with Gasteiger partial charge in [-0.15, -0.1) is 0 Å². The quantitative estimate of drug-likeness (QED) is 0.742. The number of benzene rings is 1. The SMILES string of the molecule is Cc1nc2ncnn2c(O)c1-c1c(F)cc(F)cc1F. The first-order valence-corrected chi connectivity index (χ1v) is 5.53. The van der Waals surface area contributed by atoms with Gasteiger partial charge in [-0.1, -0.05) is 0 Å². The first-order chi connectivity index (χ1) is 9.49. The maximum absolute atomic E-state index is 13.8. The van der Waals surface area contributed by atoms with Crippen molar-refractivity contribution in [3.05, 3.63) is 41.6 Å². The van der Waals surface area contributed by atoms with Gasteiger partial charge in [0, 0.05) is 12.1 Å². The molecule has 0 spiro atoms. The number of fused-ring (bicyclic) bond motifs is 1. The Hall–Kier alpha value is -2.64. The van der Waals surface area contributed by atoms with Crippen molar-refractivity contribution >= 4 is 5.78 Å². The molecule has 2 heterocycles. The molecule has 0 aliphatic heterocycles. The van der Waals surface area contributed by atoms with E-state index < -0.39 is 28.9 Å². The predicted octanol–water partition coefficient (Wildman–Crippen LogP) is 2.22. The topological polar surface area (TPSA) is 63.3 Å². The maximum Gasteiger partial charge on any atom is 0.255 e. The summed E-state index contributed by atoms with van der Waals surface area (Å²) in [6.07, 6.45) is 1.14. The minimum Gasteiger partial charge on any atom is -0.493 e. The second-order valence-electron chi connectivity index (χ2n) is 4.11. The summed E-state index contributed by atoms with van der Waals surface area (Å²) in [5, 5.41) is 13.8. The predicted molar refractivity (Wildman–Crippen MR) is 62.5 cm³/mol. The van der Waals surface area contributed by atoms with Gasteiger partial charge in [-0.3, -0.25) is 0 Å². The van der Waals surface area contributed by atoms with E-state index in [9.17, 15) is 18.3 Å². The average molecular weight is 280 g/mol. The molecular formula is C12H7F3N4O. The minimum atomic E-state index is -1.14. The van der Waals surface area contributed by atoms with Gasteiger partial charge in [0.2, 0.25) is 5.88 Å². The van der Waals surface area contributed by atoms with Gasteiger partial charge in [-0.2, -0.15) is 14.6 Å². The summed E-state index contributed by atoms with van der Waals surface area (Å²) in [7, 11) is 0. The third kappa shape index (κ3) is 1.68. The lowest BCUT2D eigenvalue weighted by Gasteiger charge is -2.10. The molecule has 0 amide bonds. The van der Waals surface area contributed by atoms with Crippen LogP contribution in [0.1, 0.15) is 5.69 Å². The van der Waals surface area contributed by atoms with Crippen molar-refractivity contribution in [2.75, 3.05) is 0 Å². The highest BCUT2D eigenvalue weighted by Gasteiger charge is 2.22. The number of hydrogen-bond acceptors (Lipinski definition) is 4. The van der Waals surface area contributed by atoms with Gasteiger partial charge >= 0.3 is 0 Å². The summed E-state index contributed by atoms with van der Waals surface area (Å²) >= 11 is 0. The van der Waals surface area contributed by atoms with Crippen molar-refractivity contribution in [3.63, 3.8) is 0 Å². The summed E-state index contributed by atoms with van der Waals surface area (Å²) in [5.74, 6) is -3.75. The van der Waals surface area contributed by atoms with Gasteiger partial charge < -0.3 is 5.11 Å². The molecule has 0 saturated heterocycles. The number of nitrogens with zero attached hydrogens (tertiary/aromatic N) is 4. The van der Waals surface area contributed by atoms with E-state index in [1.807, 2.05) is 0 Å². The number of aromatic hydroxyl groups is 1. The Labute approximate surface area is 110 Å². The van der Waals surface area contributed by atoms with Gasteiger partial charge in [0.1, 0.15) is 23.8 Å². The molecule has 3 rings (SSSR count). The molecule has 0 radical (unpaired) electrons. The summed E-state index contributed by atoms with van der Waals surface area (Å²) in [6.45, 7) is 1.45. The molecule has 0 aliphatic rings. The first kappa shape index (κ1) is 12.4. The standard InChI is InChI=1S/C12H7F3N4O/c1-5-9(10-7(14)2-6(13)3-8(10)15)11(20)19-12(18-5)16-4-17-19/h2-4,20H,1H3. The van der Waals surface area contributed by atoms with Gasteiger partial charge in [-0.05, 0) is 6.92 Å². The number of rotatable bonds is 1. The highest BCUT2D eigenvalue weighted by molar-refractivity contribution is 5.73. The van der Waals surface area contributed by atoms with Crippen LogP contribution in [0.4, 0.5) is 13.2 Å². The molecular weight excluding hydrogens is 273 g/mol. The van der Waals surface area contributed by atoms with Gasteiger partial charge in [-0.25, -0.2) is 18.2 Å². The van der Waals surface area contributed by atoms with Crippen molar-refractivity contribution in [3.8, 4) is 17.0 Å². The molecule has 0 atom stereocenters. The normalized spacial score (nSPS) is 11.2. The fourth-order valence-electron chi connectivity index (χ4n) is 2.01. The molecule has 3 aromatic rings. The number of hydrogen-bond donors (Lipinski definition) is 1. The molecule has 5 nitrogen and oxygen atoms in total. The molecule has 102 valence electrons. The smallest absolute Gasteiger partial charge is 0.255 e. The van der Waals surface area contributed by atoms with Gasteiger partial charge in [0.15, 0.2) is 0 Å². The van der Waals surface area contributed by atoms with E-state index in [1.165, 1.54) is 6.92 Å². The van der Waals surface area contributed by atoms with Crippen LogP contribution in [0.15, 0.2) is 18.5 Å². The monoisotopic (exact) mass is 280 g/mol. The van der Waals surface area contributed by atoms with E-state index in [2.05, 4.69) is 15.1 Å². The van der Waals surface area contributed by atoms with Crippen molar-refractivity contribution < 1.29 is 18.3 Å². The second kappa shape index (κ2) is 4.19. The Bertz CT molecular complexity index is 808. The van der Waals surface area contributed by atoms with Crippen LogP contribution >= 0.6 is 0 Å². The highest BCUT2D eigenvalue weighted by atomic mass is 19.1. The highest BCUT2D eigenvalue weighted by Crippen LogP contribution is 2.35. The van der Waals surface area contributed by atoms with Crippen LogP contribution in [-0.4, -0.2) is 24.7 Å². The average Bonchev–Trinajstić information content (AvgIpc) is 2.80. The van der Waals surface area contributed by atoms with Gasteiger partial charge in [0.05, 0.1) is 16.8 Å². The zero-order valence-electron chi connectivity index (χ0n) is 10.1. The first-order valence-electron chi connectivity index (χ1n) is 5.53. The molecule has 0 saturated carbocycles. The van der Waals surface area contributed by atoms with Crippen LogP contribution in [0, 0.1) is 24.4 Å². The van der Waals surface area contributed by atoms with Crippen molar-refractivity contribution in [2.45, 2.75) is 6.92 Å². The van der Waals surface area contributed by atoms with E-state index in [0.717, 1.165) is 10.8 Å². The van der Waals surface area contributed by atoms with E-state index >= 15 is 0 Å². The summed E-state index contributed by atoms with van der Waals surface area (Å²) in [5.41, 5.74) is -0.614. The molecule has 0 bridgehead atoms. The zero-order valence-corrected chi connectivity index (χ0v) is 10.1. The maximum atomic E-state index is 13.8. The summed E-state index contributed by atoms with van der Waals surface area (Å²) in [4.78, 5) is 7.75. The lowest BCUT2D eigenvalue weighted by atomic mass is 10.0. The second-order valence-corrected chi connectivity index (χ2v) is 4.11. The Morgan fingerprint density at radius 2 is 1.75 bits per heavy atom. The Balaban J connectivity index is 2.40. The largest absolute Gasteiger partial charge is 0.493 e. The van der Waals surface area contributed by atoms with Crippen LogP contribution in [0.25, 0.3) is 16.9 Å². The Kier molecular flexibility index (Phi) is 2.60. The van der Waals surface area contributed by atoms with E-state index in [0.29, 0.717) is 12.1 Å². The fraction of sp³-hybridized carbons (Fsp3) is 0.0833. The van der Waals surface area contributed by atoms with Crippen LogP contribution < -0.4 is 0 Å². The van der Waals surface area contributed by atoms with Crippen LogP contribution in [-0.2, 0) is 0 Å². The van der Waals surface area contributed by atoms with Crippen molar-refractivity contribution in [1.82, 2.24) is 19.6 Å². The Morgan fingerprint density at radius 1 is 1.10 bits per heavy atom. The Morgan fingerprint density at radius 3 is 2.40 bits per heavy atom. The number of halogens is 3. The zero-order chi connectivity index (χ0) is 14.4. The molecule has 8 heteroatoms. The molecule has 2 aromatic heterocycles. The molecule has 20 heavy (non-hydrogen) atoms.